The fourth-order valence-electron chi connectivity index (χ4n) is 6.30. The first-order valence-electron chi connectivity index (χ1n) is 16.9. The van der Waals surface area contributed by atoms with Gasteiger partial charge >= 0.3 is 0 Å². The average molecular weight is 732 g/mol. The van der Waals surface area contributed by atoms with Crippen LogP contribution in [0.1, 0.15) is 16.7 Å². The molecule has 1 aliphatic rings. The third-order valence-electron chi connectivity index (χ3n) is 8.59. The molecule has 0 bridgehead atoms. The number of aliphatic hydroxyl groups is 1. The SMILES string of the molecule is COCO[C@H]1[C@H]([C@H](OCOC)[C@H](OCOC)[C@H](COC(c2ccccc2)(c2ccccc2)c2ccccc2)OCOC)O[C@@H](O)[C@H](N)[C@@H]1OCOC. The molecule has 0 aromatic heterocycles. The zero-order chi connectivity index (χ0) is 37.2. The maximum absolute atomic E-state index is 11.1. The highest BCUT2D eigenvalue weighted by molar-refractivity contribution is 5.47. The van der Waals surface area contributed by atoms with E-state index in [4.69, 9.17) is 62.6 Å². The van der Waals surface area contributed by atoms with Crippen molar-refractivity contribution in [1.29, 1.82) is 0 Å². The Hall–Kier alpha value is -2.90. The van der Waals surface area contributed by atoms with Crippen molar-refractivity contribution >= 4 is 0 Å². The fourth-order valence-corrected chi connectivity index (χ4v) is 6.30. The lowest BCUT2D eigenvalue weighted by Gasteiger charge is -2.47. The standard InChI is InChI=1S/C38H53NO13/c1-41-22-46-30(21-51-38(27-15-9-6-10-16-27,28-17-11-7-12-18-28)29-19-13-8-14-20-29)32(47-23-42-2)34(49-25-44-4)36-35(50-26-45-5)33(48-24-43-3)31(39)37(40)52-36/h6-20,30-37,40H,21-26,39H2,1-5H3/t30-,31+,32+,33-,34+,35+,36-,37+/m0/s1. The summed E-state index contributed by atoms with van der Waals surface area (Å²) >= 11 is 0. The number of hydrogen-bond acceptors (Lipinski definition) is 14. The number of benzene rings is 3. The van der Waals surface area contributed by atoms with E-state index in [2.05, 4.69) is 0 Å². The van der Waals surface area contributed by atoms with E-state index in [1.807, 2.05) is 91.0 Å². The first-order chi connectivity index (χ1) is 25.5. The highest BCUT2D eigenvalue weighted by atomic mass is 16.7. The van der Waals surface area contributed by atoms with Crippen LogP contribution in [0, 0.1) is 0 Å². The minimum atomic E-state index is -1.48. The second-order valence-corrected chi connectivity index (χ2v) is 11.9. The van der Waals surface area contributed by atoms with Gasteiger partial charge in [0.1, 0.15) is 76.2 Å². The summed E-state index contributed by atoms with van der Waals surface area (Å²) in [6.45, 7) is -0.846. The summed E-state index contributed by atoms with van der Waals surface area (Å²) in [5.41, 5.74) is 7.94. The van der Waals surface area contributed by atoms with Crippen LogP contribution in [0.2, 0.25) is 0 Å². The Labute approximate surface area is 305 Å². The summed E-state index contributed by atoms with van der Waals surface area (Å²) in [7, 11) is 7.44. The Morgan fingerprint density at radius 3 is 1.54 bits per heavy atom. The summed E-state index contributed by atoms with van der Waals surface area (Å²) in [5, 5.41) is 11.1. The third kappa shape index (κ3) is 10.6. The second-order valence-electron chi connectivity index (χ2n) is 11.9. The van der Waals surface area contributed by atoms with Crippen LogP contribution in [-0.2, 0) is 62.4 Å². The van der Waals surface area contributed by atoms with Crippen LogP contribution in [0.4, 0.5) is 0 Å². The zero-order valence-corrected chi connectivity index (χ0v) is 30.4. The summed E-state index contributed by atoms with van der Waals surface area (Å²) in [6, 6.07) is 28.8. The van der Waals surface area contributed by atoms with Crippen molar-refractivity contribution in [3.05, 3.63) is 108 Å². The largest absolute Gasteiger partial charge is 0.367 e. The van der Waals surface area contributed by atoms with Crippen LogP contribution in [0.15, 0.2) is 91.0 Å². The molecule has 3 aromatic carbocycles. The van der Waals surface area contributed by atoms with Gasteiger partial charge in [-0.1, -0.05) is 91.0 Å². The predicted octanol–water partition coefficient (Wildman–Crippen LogP) is 2.99. The van der Waals surface area contributed by atoms with Crippen LogP contribution in [-0.4, -0.2) is 130 Å². The number of ether oxygens (including phenoxy) is 12. The van der Waals surface area contributed by atoms with Crippen LogP contribution in [0.25, 0.3) is 0 Å². The minimum absolute atomic E-state index is 0.0642. The molecule has 0 amide bonds. The van der Waals surface area contributed by atoms with Crippen molar-refractivity contribution in [1.82, 2.24) is 0 Å². The van der Waals surface area contributed by atoms with Gasteiger partial charge in [-0.2, -0.15) is 0 Å². The highest BCUT2D eigenvalue weighted by Gasteiger charge is 2.52. The molecule has 3 N–H and O–H groups in total. The second kappa shape index (κ2) is 22.3. The first-order valence-corrected chi connectivity index (χ1v) is 16.9. The lowest BCUT2D eigenvalue weighted by molar-refractivity contribution is -0.320. The average Bonchev–Trinajstić information content (AvgIpc) is 3.19. The molecule has 4 rings (SSSR count). The highest BCUT2D eigenvalue weighted by Crippen LogP contribution is 2.41. The van der Waals surface area contributed by atoms with Crippen molar-refractivity contribution in [3.8, 4) is 0 Å². The van der Waals surface area contributed by atoms with Crippen molar-refractivity contribution < 1.29 is 61.9 Å². The van der Waals surface area contributed by atoms with Crippen molar-refractivity contribution in [3.63, 3.8) is 0 Å². The molecule has 0 aliphatic carbocycles. The smallest absolute Gasteiger partial charge is 0.173 e. The van der Waals surface area contributed by atoms with E-state index >= 15 is 0 Å². The molecular formula is C38H53NO13. The van der Waals surface area contributed by atoms with Gasteiger partial charge in [-0.15, -0.1) is 0 Å². The third-order valence-corrected chi connectivity index (χ3v) is 8.59. The van der Waals surface area contributed by atoms with Gasteiger partial charge in [-0.25, -0.2) is 0 Å². The Bertz CT molecular complexity index is 1260. The summed E-state index contributed by atoms with van der Waals surface area (Å²) in [6.07, 6.45) is -7.44. The van der Waals surface area contributed by atoms with E-state index in [9.17, 15) is 5.11 Å². The molecular weight excluding hydrogens is 678 g/mol. The maximum Gasteiger partial charge on any atom is 0.173 e. The van der Waals surface area contributed by atoms with Crippen LogP contribution in [0.3, 0.4) is 0 Å². The molecule has 0 spiro atoms. The molecule has 1 fully saturated rings. The summed E-state index contributed by atoms with van der Waals surface area (Å²) in [5.74, 6) is 0. The summed E-state index contributed by atoms with van der Waals surface area (Å²) < 4.78 is 71.0. The molecule has 8 atom stereocenters. The number of hydrogen-bond donors (Lipinski definition) is 2. The van der Waals surface area contributed by atoms with Crippen LogP contribution < -0.4 is 5.73 Å². The first kappa shape index (κ1) is 41.9. The Balaban J connectivity index is 1.83. The quantitative estimate of drug-likeness (QED) is 0.102. The molecule has 288 valence electrons. The number of methoxy groups -OCH3 is 5. The van der Waals surface area contributed by atoms with E-state index in [0.29, 0.717) is 0 Å². The number of rotatable bonds is 24. The van der Waals surface area contributed by atoms with Crippen LogP contribution in [0.5, 0.6) is 0 Å². The number of aliphatic hydroxyl groups excluding tert-OH is 1. The molecule has 52 heavy (non-hydrogen) atoms. The molecule has 1 heterocycles. The van der Waals surface area contributed by atoms with Gasteiger partial charge in [0, 0.05) is 35.5 Å². The molecule has 0 unspecified atom stereocenters. The van der Waals surface area contributed by atoms with Gasteiger partial charge in [0.2, 0.25) is 0 Å². The van der Waals surface area contributed by atoms with E-state index in [1.54, 1.807) is 0 Å². The molecule has 14 nitrogen and oxygen atoms in total. The van der Waals surface area contributed by atoms with Gasteiger partial charge in [0.25, 0.3) is 0 Å². The minimum Gasteiger partial charge on any atom is -0.367 e. The van der Waals surface area contributed by atoms with E-state index in [0.717, 1.165) is 16.7 Å². The van der Waals surface area contributed by atoms with Gasteiger partial charge in [-0.05, 0) is 16.7 Å². The van der Waals surface area contributed by atoms with Gasteiger partial charge < -0.3 is 67.7 Å². The lowest BCUT2D eigenvalue weighted by atomic mass is 9.80. The molecule has 0 saturated carbocycles. The zero-order valence-electron chi connectivity index (χ0n) is 30.4. The molecule has 3 aromatic rings. The van der Waals surface area contributed by atoms with E-state index in [1.165, 1.54) is 35.5 Å². The molecule has 1 saturated heterocycles. The fraction of sp³-hybridized carbons (Fsp3) is 0.526. The number of nitrogens with two attached hydrogens (primary N) is 1. The van der Waals surface area contributed by atoms with Gasteiger partial charge in [-0.3, -0.25) is 0 Å². The van der Waals surface area contributed by atoms with Crippen molar-refractivity contribution in [2.75, 3.05) is 76.1 Å². The molecule has 14 heteroatoms. The van der Waals surface area contributed by atoms with E-state index in [-0.39, 0.29) is 40.6 Å². The Morgan fingerprint density at radius 1 is 0.615 bits per heavy atom. The monoisotopic (exact) mass is 731 g/mol. The van der Waals surface area contributed by atoms with Gasteiger partial charge in [0.05, 0.1) is 12.6 Å². The van der Waals surface area contributed by atoms with E-state index < -0.39 is 54.6 Å². The van der Waals surface area contributed by atoms with Crippen molar-refractivity contribution in [2.24, 2.45) is 5.73 Å². The van der Waals surface area contributed by atoms with Crippen molar-refractivity contribution in [2.45, 2.75) is 54.6 Å². The topological polar surface area (TPSA) is 157 Å². The van der Waals surface area contributed by atoms with Crippen LogP contribution >= 0.6 is 0 Å². The Kier molecular flexibility index (Phi) is 18.0. The normalized spacial score (nSPS) is 22.6. The lowest BCUT2D eigenvalue weighted by Crippen LogP contribution is -2.68. The predicted molar refractivity (Wildman–Crippen MR) is 188 cm³/mol. The Morgan fingerprint density at radius 2 is 1.06 bits per heavy atom. The molecule has 0 radical (unpaired) electrons. The maximum atomic E-state index is 11.1. The summed E-state index contributed by atoms with van der Waals surface area (Å²) in [4.78, 5) is 0. The van der Waals surface area contributed by atoms with Gasteiger partial charge in [0.15, 0.2) is 6.29 Å². The molecule has 1 aliphatic heterocycles.